The third kappa shape index (κ3) is 6.92. The Morgan fingerprint density at radius 1 is 1.35 bits per heavy atom. The van der Waals surface area contributed by atoms with Gasteiger partial charge in [-0.1, -0.05) is 26.0 Å². The van der Waals surface area contributed by atoms with Crippen molar-refractivity contribution in [3.05, 3.63) is 29.8 Å². The van der Waals surface area contributed by atoms with Crippen LogP contribution in [0.3, 0.4) is 0 Å². The molecule has 1 fully saturated rings. The van der Waals surface area contributed by atoms with Crippen LogP contribution < -0.4 is 5.32 Å². The Kier molecular flexibility index (Phi) is 9.74. The van der Waals surface area contributed by atoms with Gasteiger partial charge in [-0.15, -0.1) is 24.0 Å². The van der Waals surface area contributed by atoms with Gasteiger partial charge in [-0.25, -0.2) is 13.4 Å². The lowest BCUT2D eigenvalue weighted by Gasteiger charge is -2.36. The molecule has 26 heavy (non-hydrogen) atoms. The number of nitrogens with zero attached hydrogens (tertiary/aromatic N) is 2. The predicted octanol–water partition coefficient (Wildman–Crippen LogP) is 3.25. The van der Waals surface area contributed by atoms with Crippen LogP contribution in [0.4, 0.5) is 0 Å². The lowest BCUT2D eigenvalue weighted by molar-refractivity contribution is 0.381. The van der Waals surface area contributed by atoms with Crippen LogP contribution in [0.5, 0.6) is 0 Å². The highest BCUT2D eigenvalue weighted by Gasteiger charge is 2.24. The van der Waals surface area contributed by atoms with Crippen LogP contribution in [0.15, 0.2) is 34.2 Å². The Labute approximate surface area is 179 Å². The second-order valence-corrected chi connectivity index (χ2v) is 10.0. The standard InChI is InChI=1S/C18H29N3O2S2.HI/c1-5-19-18(21-10-11-24-17(13-21)14(2)3)20-12-15-6-8-16(9-7-15)25(4,22)23;/h6-9,14,17H,5,10-13H2,1-4H3,(H,19,20);1H. The van der Waals surface area contributed by atoms with E-state index in [-0.39, 0.29) is 24.0 Å². The first-order chi connectivity index (χ1) is 11.8. The highest BCUT2D eigenvalue weighted by Crippen LogP contribution is 2.25. The zero-order valence-corrected chi connectivity index (χ0v) is 19.9. The van der Waals surface area contributed by atoms with E-state index in [9.17, 15) is 8.42 Å². The van der Waals surface area contributed by atoms with Crippen molar-refractivity contribution in [2.75, 3.05) is 31.6 Å². The molecule has 0 aliphatic carbocycles. The Morgan fingerprint density at radius 3 is 2.54 bits per heavy atom. The zero-order valence-electron chi connectivity index (χ0n) is 15.9. The molecular formula is C18H30IN3O2S2. The molecule has 1 aromatic rings. The molecule has 0 spiro atoms. The normalized spacial score (nSPS) is 18.6. The van der Waals surface area contributed by atoms with E-state index >= 15 is 0 Å². The molecule has 0 saturated carbocycles. The summed E-state index contributed by atoms with van der Waals surface area (Å²) in [5, 5.41) is 4.02. The van der Waals surface area contributed by atoms with Gasteiger partial charge in [0.15, 0.2) is 15.8 Å². The van der Waals surface area contributed by atoms with Crippen molar-refractivity contribution in [3.8, 4) is 0 Å². The molecule has 1 saturated heterocycles. The van der Waals surface area contributed by atoms with E-state index < -0.39 is 9.84 Å². The van der Waals surface area contributed by atoms with Gasteiger partial charge in [0.25, 0.3) is 0 Å². The molecular weight excluding hydrogens is 481 g/mol. The van der Waals surface area contributed by atoms with Crippen molar-refractivity contribution in [3.63, 3.8) is 0 Å². The number of hydrogen-bond acceptors (Lipinski definition) is 4. The largest absolute Gasteiger partial charge is 0.357 e. The molecule has 1 aliphatic heterocycles. The first-order valence-electron chi connectivity index (χ1n) is 8.75. The van der Waals surface area contributed by atoms with Gasteiger partial charge in [-0.3, -0.25) is 0 Å². The summed E-state index contributed by atoms with van der Waals surface area (Å²) >= 11 is 2.05. The van der Waals surface area contributed by atoms with Gasteiger partial charge in [0.05, 0.1) is 11.4 Å². The van der Waals surface area contributed by atoms with Gasteiger partial charge < -0.3 is 10.2 Å². The molecule has 1 aliphatic rings. The molecule has 0 aromatic heterocycles. The van der Waals surface area contributed by atoms with E-state index in [2.05, 4.69) is 31.0 Å². The maximum Gasteiger partial charge on any atom is 0.194 e. The van der Waals surface area contributed by atoms with E-state index in [0.29, 0.717) is 22.6 Å². The fourth-order valence-electron chi connectivity index (χ4n) is 2.71. The Morgan fingerprint density at radius 2 is 2.00 bits per heavy atom. The van der Waals surface area contributed by atoms with Crippen LogP contribution >= 0.6 is 35.7 Å². The third-order valence-corrected chi connectivity index (χ3v) is 6.90. The van der Waals surface area contributed by atoms with Crippen molar-refractivity contribution < 1.29 is 8.42 Å². The van der Waals surface area contributed by atoms with E-state index in [4.69, 9.17) is 4.99 Å². The van der Waals surface area contributed by atoms with Crippen molar-refractivity contribution in [1.82, 2.24) is 10.2 Å². The number of aliphatic imine (C=N–C) groups is 1. The summed E-state index contributed by atoms with van der Waals surface area (Å²) in [6.45, 7) is 10.0. The number of thioether (sulfide) groups is 1. The molecule has 0 bridgehead atoms. The van der Waals surface area contributed by atoms with E-state index in [0.717, 1.165) is 36.9 Å². The smallest absolute Gasteiger partial charge is 0.194 e. The average Bonchev–Trinajstić information content (AvgIpc) is 2.58. The highest BCUT2D eigenvalue weighted by atomic mass is 127. The van der Waals surface area contributed by atoms with Gasteiger partial charge in [-0.05, 0) is 30.5 Å². The van der Waals surface area contributed by atoms with Crippen LogP contribution in [-0.2, 0) is 16.4 Å². The number of rotatable bonds is 5. The summed E-state index contributed by atoms with van der Waals surface area (Å²) in [6, 6.07) is 6.98. The van der Waals surface area contributed by atoms with Crippen molar-refractivity contribution in [1.29, 1.82) is 0 Å². The fraction of sp³-hybridized carbons (Fsp3) is 0.611. The second kappa shape index (κ2) is 10.8. The minimum absolute atomic E-state index is 0. The maximum absolute atomic E-state index is 11.5. The van der Waals surface area contributed by atoms with Gasteiger partial charge >= 0.3 is 0 Å². The molecule has 1 unspecified atom stereocenters. The fourth-order valence-corrected chi connectivity index (χ4v) is 4.63. The predicted molar refractivity (Wildman–Crippen MR) is 122 cm³/mol. The third-order valence-electron chi connectivity index (χ3n) is 4.23. The first-order valence-corrected chi connectivity index (χ1v) is 11.7. The number of benzene rings is 1. The van der Waals surface area contributed by atoms with Gasteiger partial charge in [0.1, 0.15) is 0 Å². The molecule has 1 heterocycles. The summed E-state index contributed by atoms with van der Waals surface area (Å²) in [7, 11) is -3.15. The molecule has 148 valence electrons. The van der Waals surface area contributed by atoms with Crippen molar-refractivity contribution >= 4 is 51.5 Å². The number of guanidine groups is 1. The number of hydrogen-bond donors (Lipinski definition) is 1. The van der Waals surface area contributed by atoms with Crippen LogP contribution in [0.2, 0.25) is 0 Å². The maximum atomic E-state index is 11.5. The first kappa shape index (κ1) is 23.6. The molecule has 1 atom stereocenters. The second-order valence-electron chi connectivity index (χ2n) is 6.69. The summed E-state index contributed by atoms with van der Waals surface area (Å²) in [4.78, 5) is 7.46. The topological polar surface area (TPSA) is 61.8 Å². The highest BCUT2D eigenvalue weighted by molar-refractivity contribution is 14.0. The number of halogens is 1. The molecule has 1 N–H and O–H groups in total. The molecule has 0 amide bonds. The Bertz CT molecular complexity index is 691. The number of sulfone groups is 1. The van der Waals surface area contributed by atoms with Crippen LogP contribution in [0.25, 0.3) is 0 Å². The van der Waals surface area contributed by atoms with Gasteiger partial charge in [0.2, 0.25) is 0 Å². The Hall–Kier alpha value is -0.480. The molecule has 1 aromatic carbocycles. The lowest BCUT2D eigenvalue weighted by Crippen LogP contribution is -2.49. The quantitative estimate of drug-likeness (QED) is 0.374. The monoisotopic (exact) mass is 511 g/mol. The van der Waals surface area contributed by atoms with E-state index in [1.807, 2.05) is 23.9 Å². The zero-order chi connectivity index (χ0) is 18.4. The van der Waals surface area contributed by atoms with E-state index in [1.54, 1.807) is 12.1 Å². The Balaban J connectivity index is 0.00000338. The molecule has 0 radical (unpaired) electrons. The summed E-state index contributed by atoms with van der Waals surface area (Å²) in [5.74, 6) is 2.72. The van der Waals surface area contributed by atoms with Crippen LogP contribution in [0.1, 0.15) is 26.3 Å². The van der Waals surface area contributed by atoms with E-state index in [1.165, 1.54) is 6.26 Å². The molecule has 2 rings (SSSR count). The van der Waals surface area contributed by atoms with Gasteiger partial charge in [-0.2, -0.15) is 11.8 Å². The summed E-state index contributed by atoms with van der Waals surface area (Å²) < 4.78 is 23.1. The average molecular weight is 511 g/mol. The van der Waals surface area contributed by atoms with Crippen LogP contribution in [0, 0.1) is 5.92 Å². The number of nitrogens with one attached hydrogen (secondary N) is 1. The van der Waals surface area contributed by atoms with Crippen molar-refractivity contribution in [2.45, 2.75) is 37.5 Å². The molecule has 8 heteroatoms. The molecule has 5 nitrogen and oxygen atoms in total. The van der Waals surface area contributed by atoms with Crippen molar-refractivity contribution in [2.24, 2.45) is 10.9 Å². The van der Waals surface area contributed by atoms with Crippen LogP contribution in [-0.4, -0.2) is 56.2 Å². The minimum atomic E-state index is -3.15. The summed E-state index contributed by atoms with van der Waals surface area (Å²) in [5.41, 5.74) is 1.01. The minimum Gasteiger partial charge on any atom is -0.357 e. The summed E-state index contributed by atoms with van der Waals surface area (Å²) in [6.07, 6.45) is 1.23. The SMILES string of the molecule is CCNC(=NCc1ccc(S(C)(=O)=O)cc1)N1CCSC(C(C)C)C1.I. The van der Waals surface area contributed by atoms with Gasteiger partial charge in [0, 0.05) is 36.9 Å². The lowest BCUT2D eigenvalue weighted by atomic mass is 10.1.